The SMILES string of the molecule is O=C1NC[C@H](NC2CCCCC2)n2nc(-c3ccc(F)cc3)cc21. The van der Waals surface area contributed by atoms with E-state index in [4.69, 9.17) is 0 Å². The summed E-state index contributed by atoms with van der Waals surface area (Å²) in [5.74, 6) is -0.394. The Kier molecular flexibility index (Phi) is 4.06. The number of rotatable bonds is 3. The van der Waals surface area contributed by atoms with Gasteiger partial charge in [-0.05, 0) is 43.2 Å². The first kappa shape index (κ1) is 15.3. The molecule has 1 aromatic heterocycles. The summed E-state index contributed by atoms with van der Waals surface area (Å²) in [6, 6.07) is 8.44. The molecule has 24 heavy (non-hydrogen) atoms. The lowest BCUT2D eigenvalue weighted by molar-refractivity contribution is 0.0893. The van der Waals surface area contributed by atoms with Gasteiger partial charge in [-0.2, -0.15) is 5.10 Å². The second kappa shape index (κ2) is 6.36. The summed E-state index contributed by atoms with van der Waals surface area (Å²) in [6.45, 7) is 0.535. The fourth-order valence-corrected chi connectivity index (χ4v) is 3.60. The summed E-state index contributed by atoms with van der Waals surface area (Å²) in [7, 11) is 0. The highest BCUT2D eigenvalue weighted by molar-refractivity contribution is 5.94. The van der Waals surface area contributed by atoms with Gasteiger partial charge < -0.3 is 5.32 Å². The molecule has 1 fully saturated rings. The van der Waals surface area contributed by atoms with Gasteiger partial charge in [0, 0.05) is 11.6 Å². The second-order valence-corrected chi connectivity index (χ2v) is 6.59. The van der Waals surface area contributed by atoms with Crippen LogP contribution in [0.3, 0.4) is 0 Å². The Morgan fingerprint density at radius 3 is 2.67 bits per heavy atom. The molecule has 6 heteroatoms. The first-order valence-corrected chi connectivity index (χ1v) is 8.60. The predicted molar refractivity (Wildman–Crippen MR) is 89.0 cm³/mol. The molecule has 1 aliphatic heterocycles. The van der Waals surface area contributed by atoms with Crippen molar-refractivity contribution in [3.05, 3.63) is 41.8 Å². The molecule has 0 unspecified atom stereocenters. The number of carbonyl (C=O) groups is 1. The van der Waals surface area contributed by atoms with Crippen LogP contribution in [0, 0.1) is 5.82 Å². The smallest absolute Gasteiger partial charge is 0.269 e. The maximum atomic E-state index is 13.1. The fraction of sp³-hybridized carbons (Fsp3) is 0.444. The number of hydrogen-bond donors (Lipinski definition) is 2. The summed E-state index contributed by atoms with van der Waals surface area (Å²) in [4.78, 5) is 12.2. The van der Waals surface area contributed by atoms with Gasteiger partial charge in [-0.25, -0.2) is 9.07 Å². The molecule has 1 aliphatic carbocycles. The van der Waals surface area contributed by atoms with Gasteiger partial charge in [0.25, 0.3) is 5.91 Å². The number of fused-ring (bicyclic) bond motifs is 1. The van der Waals surface area contributed by atoms with Crippen LogP contribution in [-0.4, -0.2) is 28.3 Å². The molecule has 2 heterocycles. The van der Waals surface area contributed by atoms with E-state index in [0.29, 0.717) is 24.0 Å². The molecule has 2 aliphatic rings. The first-order valence-electron chi connectivity index (χ1n) is 8.60. The van der Waals surface area contributed by atoms with E-state index in [2.05, 4.69) is 15.7 Å². The quantitative estimate of drug-likeness (QED) is 0.911. The number of amides is 1. The van der Waals surface area contributed by atoms with E-state index in [1.807, 2.05) is 0 Å². The molecule has 2 N–H and O–H groups in total. The Morgan fingerprint density at radius 2 is 1.92 bits per heavy atom. The minimum absolute atomic E-state index is 0.0324. The van der Waals surface area contributed by atoms with Gasteiger partial charge in [0.15, 0.2) is 0 Å². The fourth-order valence-electron chi connectivity index (χ4n) is 3.60. The van der Waals surface area contributed by atoms with Gasteiger partial charge in [-0.15, -0.1) is 0 Å². The first-order chi connectivity index (χ1) is 11.7. The van der Waals surface area contributed by atoms with Crippen molar-refractivity contribution in [2.45, 2.75) is 44.3 Å². The zero-order valence-corrected chi connectivity index (χ0v) is 13.5. The third-order valence-electron chi connectivity index (χ3n) is 4.89. The molecule has 1 saturated carbocycles. The van der Waals surface area contributed by atoms with E-state index in [0.717, 1.165) is 5.56 Å². The number of aromatic nitrogens is 2. The number of halogens is 1. The molecule has 0 spiro atoms. The Labute approximate surface area is 140 Å². The van der Waals surface area contributed by atoms with E-state index in [-0.39, 0.29) is 17.9 Å². The molecule has 5 nitrogen and oxygen atoms in total. The molecule has 1 amide bonds. The van der Waals surface area contributed by atoms with Gasteiger partial charge in [0.05, 0.1) is 12.2 Å². The Balaban J connectivity index is 1.61. The summed E-state index contributed by atoms with van der Waals surface area (Å²) < 4.78 is 14.9. The van der Waals surface area contributed by atoms with E-state index in [1.54, 1.807) is 22.9 Å². The highest BCUT2D eigenvalue weighted by Gasteiger charge is 2.29. The number of nitrogens with zero attached hydrogens (tertiary/aromatic N) is 2. The van der Waals surface area contributed by atoms with Crippen molar-refractivity contribution in [1.82, 2.24) is 20.4 Å². The number of carbonyl (C=O) groups excluding carboxylic acids is 1. The van der Waals surface area contributed by atoms with Gasteiger partial charge in [-0.3, -0.25) is 10.1 Å². The van der Waals surface area contributed by atoms with Crippen LogP contribution in [0.1, 0.15) is 48.8 Å². The monoisotopic (exact) mass is 328 g/mol. The maximum absolute atomic E-state index is 13.1. The minimum Gasteiger partial charge on any atom is -0.347 e. The number of hydrogen-bond acceptors (Lipinski definition) is 3. The van der Waals surface area contributed by atoms with Gasteiger partial charge in [-0.1, -0.05) is 19.3 Å². The molecule has 2 aromatic rings. The standard InChI is InChI=1S/C18H21FN4O/c19-13-8-6-12(7-9-13)15-10-16-18(24)20-11-17(23(16)22-15)21-14-4-2-1-3-5-14/h6-10,14,17,21H,1-5,11H2,(H,20,24)/t17-/m1/s1. The molecular formula is C18H21FN4O. The largest absolute Gasteiger partial charge is 0.347 e. The topological polar surface area (TPSA) is 59.0 Å². The summed E-state index contributed by atoms with van der Waals surface area (Å²) in [5.41, 5.74) is 2.05. The second-order valence-electron chi connectivity index (χ2n) is 6.59. The van der Waals surface area contributed by atoms with Crippen molar-refractivity contribution in [2.75, 3.05) is 6.54 Å². The van der Waals surface area contributed by atoms with E-state index in [1.165, 1.54) is 44.2 Å². The normalized spacial score (nSPS) is 21.4. The average molecular weight is 328 g/mol. The van der Waals surface area contributed by atoms with Crippen LogP contribution in [0.2, 0.25) is 0 Å². The third-order valence-corrected chi connectivity index (χ3v) is 4.89. The van der Waals surface area contributed by atoms with E-state index < -0.39 is 0 Å². The Morgan fingerprint density at radius 1 is 1.17 bits per heavy atom. The highest BCUT2D eigenvalue weighted by Crippen LogP contribution is 2.25. The third kappa shape index (κ3) is 2.94. The molecule has 0 saturated heterocycles. The summed E-state index contributed by atoms with van der Waals surface area (Å²) in [6.07, 6.45) is 6.13. The lowest BCUT2D eigenvalue weighted by Gasteiger charge is -2.31. The van der Waals surface area contributed by atoms with Gasteiger partial charge in [0.1, 0.15) is 17.7 Å². The minimum atomic E-state index is -0.280. The van der Waals surface area contributed by atoms with Crippen molar-refractivity contribution in [3.63, 3.8) is 0 Å². The lowest BCUT2D eigenvalue weighted by atomic mass is 9.95. The summed E-state index contributed by atoms with van der Waals surface area (Å²) in [5, 5.41) is 11.2. The van der Waals surface area contributed by atoms with Gasteiger partial charge in [0.2, 0.25) is 0 Å². The van der Waals surface area contributed by atoms with Crippen molar-refractivity contribution < 1.29 is 9.18 Å². The van der Waals surface area contributed by atoms with E-state index >= 15 is 0 Å². The molecule has 126 valence electrons. The summed E-state index contributed by atoms with van der Waals surface area (Å²) >= 11 is 0. The predicted octanol–water partition coefficient (Wildman–Crippen LogP) is 2.85. The van der Waals surface area contributed by atoms with Crippen molar-refractivity contribution in [3.8, 4) is 11.3 Å². The van der Waals surface area contributed by atoms with Crippen molar-refractivity contribution in [1.29, 1.82) is 0 Å². The number of benzene rings is 1. The van der Waals surface area contributed by atoms with Crippen LogP contribution in [0.5, 0.6) is 0 Å². The van der Waals surface area contributed by atoms with Crippen LogP contribution in [0.25, 0.3) is 11.3 Å². The highest BCUT2D eigenvalue weighted by atomic mass is 19.1. The van der Waals surface area contributed by atoms with Gasteiger partial charge >= 0.3 is 0 Å². The van der Waals surface area contributed by atoms with Crippen molar-refractivity contribution in [2.24, 2.45) is 0 Å². The van der Waals surface area contributed by atoms with Crippen LogP contribution < -0.4 is 10.6 Å². The van der Waals surface area contributed by atoms with Crippen LogP contribution in [-0.2, 0) is 0 Å². The van der Waals surface area contributed by atoms with Crippen LogP contribution in [0.15, 0.2) is 30.3 Å². The molecule has 1 atom stereocenters. The molecule has 4 rings (SSSR count). The van der Waals surface area contributed by atoms with Crippen molar-refractivity contribution >= 4 is 5.91 Å². The zero-order chi connectivity index (χ0) is 16.5. The zero-order valence-electron chi connectivity index (χ0n) is 13.5. The molecular weight excluding hydrogens is 307 g/mol. The maximum Gasteiger partial charge on any atom is 0.269 e. The lowest BCUT2D eigenvalue weighted by Crippen LogP contribution is -2.48. The number of nitrogens with one attached hydrogen (secondary N) is 2. The molecule has 1 aromatic carbocycles. The molecule has 0 bridgehead atoms. The van der Waals surface area contributed by atoms with Crippen LogP contribution in [0.4, 0.5) is 4.39 Å². The van der Waals surface area contributed by atoms with E-state index in [9.17, 15) is 9.18 Å². The Bertz CT molecular complexity index is 734. The Hall–Kier alpha value is -2.21. The average Bonchev–Trinajstić information content (AvgIpc) is 3.05. The molecule has 0 radical (unpaired) electrons. The van der Waals surface area contributed by atoms with Crippen LogP contribution >= 0.6 is 0 Å².